The van der Waals surface area contributed by atoms with Gasteiger partial charge in [-0.1, -0.05) is 0 Å². The van der Waals surface area contributed by atoms with Crippen molar-refractivity contribution in [2.24, 2.45) is 0 Å². The van der Waals surface area contributed by atoms with Gasteiger partial charge in [0.1, 0.15) is 17.3 Å². The topological polar surface area (TPSA) is 107 Å². The predicted octanol–water partition coefficient (Wildman–Crippen LogP) is 3.85. The molecule has 1 aromatic heterocycles. The van der Waals surface area contributed by atoms with E-state index < -0.39 is 12.0 Å². The number of nitrogen functional groups attached to an aromatic ring is 1. The Hall–Kier alpha value is -3.48. The molecule has 0 aliphatic carbocycles. The van der Waals surface area contributed by atoms with E-state index in [1.54, 1.807) is 30.5 Å². The number of rotatable bonds is 8. The first-order chi connectivity index (χ1) is 13.5. The number of ether oxygens (including phenoxy) is 2. The maximum Gasteiger partial charge on any atom is 0.330 e. The van der Waals surface area contributed by atoms with Crippen molar-refractivity contribution < 1.29 is 19.4 Å². The fraction of sp³-hybridized carbons (Fsp3) is 0.238. The van der Waals surface area contributed by atoms with Gasteiger partial charge in [-0.05, 0) is 61.2 Å². The van der Waals surface area contributed by atoms with Crippen LogP contribution in [0.4, 0.5) is 11.5 Å². The third-order valence-electron chi connectivity index (χ3n) is 4.21. The highest BCUT2D eigenvalue weighted by molar-refractivity contribution is 5.93. The molecule has 1 unspecified atom stereocenters. The summed E-state index contributed by atoms with van der Waals surface area (Å²) in [6.45, 7) is 4.69. The van der Waals surface area contributed by atoms with Gasteiger partial charge in [-0.2, -0.15) is 0 Å². The van der Waals surface area contributed by atoms with E-state index in [0.29, 0.717) is 41.8 Å². The highest BCUT2D eigenvalue weighted by Gasteiger charge is 2.22. The van der Waals surface area contributed by atoms with E-state index in [9.17, 15) is 9.90 Å². The molecule has 1 heterocycles. The van der Waals surface area contributed by atoms with Gasteiger partial charge in [0.25, 0.3) is 0 Å². The van der Waals surface area contributed by atoms with E-state index in [-0.39, 0.29) is 0 Å². The van der Waals surface area contributed by atoms with E-state index in [2.05, 4.69) is 10.3 Å². The SMILES string of the molecule is CCOc1cc(OCC)cc(C(Nc2ccc3c(N)nccc3c2)C(=O)O)c1. The number of hydrogen-bond donors (Lipinski definition) is 3. The summed E-state index contributed by atoms with van der Waals surface area (Å²) < 4.78 is 11.1. The van der Waals surface area contributed by atoms with E-state index in [1.807, 2.05) is 32.0 Å². The van der Waals surface area contributed by atoms with Crippen molar-refractivity contribution in [1.29, 1.82) is 0 Å². The fourth-order valence-corrected chi connectivity index (χ4v) is 3.01. The average molecular weight is 381 g/mol. The number of carboxylic acid groups (broad SMARTS) is 1. The number of carboxylic acids is 1. The van der Waals surface area contributed by atoms with Gasteiger partial charge >= 0.3 is 5.97 Å². The molecule has 28 heavy (non-hydrogen) atoms. The van der Waals surface area contributed by atoms with Crippen molar-refractivity contribution in [3.63, 3.8) is 0 Å². The van der Waals surface area contributed by atoms with E-state index >= 15 is 0 Å². The van der Waals surface area contributed by atoms with Crippen molar-refractivity contribution in [2.75, 3.05) is 24.3 Å². The number of aromatic nitrogens is 1. The van der Waals surface area contributed by atoms with Crippen LogP contribution in [0.5, 0.6) is 11.5 Å². The number of nitrogens with zero attached hydrogens (tertiary/aromatic N) is 1. The molecule has 0 aliphatic heterocycles. The molecule has 0 aliphatic rings. The van der Waals surface area contributed by atoms with Gasteiger partial charge in [-0.15, -0.1) is 0 Å². The van der Waals surface area contributed by atoms with Crippen LogP contribution < -0.4 is 20.5 Å². The van der Waals surface area contributed by atoms with Gasteiger partial charge < -0.3 is 25.6 Å². The lowest BCUT2D eigenvalue weighted by atomic mass is 10.0. The Bertz CT molecular complexity index is 966. The van der Waals surface area contributed by atoms with Crippen LogP contribution >= 0.6 is 0 Å². The molecule has 0 radical (unpaired) electrons. The number of hydrogen-bond acceptors (Lipinski definition) is 6. The monoisotopic (exact) mass is 381 g/mol. The number of carbonyl (C=O) groups is 1. The van der Waals surface area contributed by atoms with Crippen molar-refractivity contribution in [1.82, 2.24) is 4.98 Å². The molecule has 4 N–H and O–H groups in total. The van der Waals surface area contributed by atoms with Crippen molar-refractivity contribution in [3.05, 3.63) is 54.2 Å². The van der Waals surface area contributed by atoms with Gasteiger partial charge in [0, 0.05) is 23.3 Å². The van der Waals surface area contributed by atoms with Crippen LogP contribution in [-0.4, -0.2) is 29.3 Å². The molecule has 3 aromatic rings. The zero-order chi connectivity index (χ0) is 20.1. The first kappa shape index (κ1) is 19.3. The van der Waals surface area contributed by atoms with Crippen molar-refractivity contribution >= 4 is 28.2 Å². The predicted molar refractivity (Wildman–Crippen MR) is 109 cm³/mol. The Kier molecular flexibility index (Phi) is 5.84. The quantitative estimate of drug-likeness (QED) is 0.544. The first-order valence-corrected chi connectivity index (χ1v) is 9.06. The molecule has 0 amide bonds. The highest BCUT2D eigenvalue weighted by Crippen LogP contribution is 2.30. The lowest BCUT2D eigenvalue weighted by Gasteiger charge is -2.19. The number of aliphatic carboxylic acids is 1. The Morgan fingerprint density at radius 1 is 1.11 bits per heavy atom. The second-order valence-corrected chi connectivity index (χ2v) is 6.15. The third kappa shape index (κ3) is 4.25. The van der Waals surface area contributed by atoms with E-state index in [0.717, 1.165) is 10.8 Å². The number of fused-ring (bicyclic) bond motifs is 1. The summed E-state index contributed by atoms with van der Waals surface area (Å²) in [4.78, 5) is 16.0. The Morgan fingerprint density at radius 3 is 2.39 bits per heavy atom. The van der Waals surface area contributed by atoms with Crippen LogP contribution in [0.15, 0.2) is 48.7 Å². The second kappa shape index (κ2) is 8.47. The summed E-state index contributed by atoms with van der Waals surface area (Å²) in [6, 6.07) is 11.5. The summed E-state index contributed by atoms with van der Waals surface area (Å²) in [6.07, 6.45) is 1.62. The molecule has 2 aromatic carbocycles. The Labute approximate surface area is 163 Å². The fourth-order valence-electron chi connectivity index (χ4n) is 3.01. The largest absolute Gasteiger partial charge is 0.494 e. The Morgan fingerprint density at radius 2 is 1.79 bits per heavy atom. The molecule has 3 rings (SSSR count). The lowest BCUT2D eigenvalue weighted by Crippen LogP contribution is -2.20. The normalized spacial score (nSPS) is 11.8. The Balaban J connectivity index is 1.96. The smallest absolute Gasteiger partial charge is 0.330 e. The van der Waals surface area contributed by atoms with Crippen LogP contribution in [0.25, 0.3) is 10.8 Å². The van der Waals surface area contributed by atoms with Crippen LogP contribution in [0.2, 0.25) is 0 Å². The van der Waals surface area contributed by atoms with Crippen LogP contribution in [0.1, 0.15) is 25.5 Å². The summed E-state index contributed by atoms with van der Waals surface area (Å²) >= 11 is 0. The summed E-state index contributed by atoms with van der Waals surface area (Å²) in [5, 5.41) is 14.6. The minimum Gasteiger partial charge on any atom is -0.494 e. The summed E-state index contributed by atoms with van der Waals surface area (Å²) in [5.74, 6) is 0.553. The average Bonchev–Trinajstić information content (AvgIpc) is 2.66. The number of pyridine rings is 1. The molecular weight excluding hydrogens is 358 g/mol. The minimum atomic E-state index is -1.01. The van der Waals surface area contributed by atoms with Crippen LogP contribution in [-0.2, 0) is 4.79 Å². The molecule has 7 heteroatoms. The number of benzene rings is 2. The molecule has 0 bridgehead atoms. The van der Waals surface area contributed by atoms with Crippen LogP contribution in [0, 0.1) is 0 Å². The molecule has 146 valence electrons. The van der Waals surface area contributed by atoms with Gasteiger partial charge in [-0.25, -0.2) is 9.78 Å². The maximum absolute atomic E-state index is 12.0. The third-order valence-corrected chi connectivity index (χ3v) is 4.21. The zero-order valence-electron chi connectivity index (χ0n) is 15.8. The number of anilines is 2. The molecule has 0 saturated heterocycles. The second-order valence-electron chi connectivity index (χ2n) is 6.15. The number of nitrogens with two attached hydrogens (primary N) is 1. The maximum atomic E-state index is 12.0. The zero-order valence-corrected chi connectivity index (χ0v) is 15.8. The van der Waals surface area contributed by atoms with Gasteiger partial charge in [-0.3, -0.25) is 0 Å². The van der Waals surface area contributed by atoms with Gasteiger partial charge in [0.05, 0.1) is 13.2 Å². The minimum absolute atomic E-state index is 0.435. The van der Waals surface area contributed by atoms with Crippen LogP contribution in [0.3, 0.4) is 0 Å². The van der Waals surface area contributed by atoms with E-state index in [4.69, 9.17) is 15.2 Å². The molecule has 1 atom stereocenters. The standard InChI is InChI=1S/C21H23N3O4/c1-3-27-16-10-14(11-17(12-16)28-4-2)19(21(25)26)24-15-5-6-18-13(9-15)7-8-23-20(18)22/h5-12,19,24H,3-4H2,1-2H3,(H2,22,23)(H,25,26). The molecule has 7 nitrogen and oxygen atoms in total. The van der Waals surface area contributed by atoms with Gasteiger partial charge in [0.2, 0.25) is 0 Å². The van der Waals surface area contributed by atoms with E-state index in [1.165, 1.54) is 0 Å². The van der Waals surface area contributed by atoms with Gasteiger partial charge in [0.15, 0.2) is 6.04 Å². The first-order valence-electron chi connectivity index (χ1n) is 9.06. The highest BCUT2D eigenvalue weighted by atomic mass is 16.5. The summed E-state index contributed by atoms with van der Waals surface area (Å²) in [7, 11) is 0. The molecule has 0 saturated carbocycles. The van der Waals surface area contributed by atoms with Crippen molar-refractivity contribution in [2.45, 2.75) is 19.9 Å². The number of nitrogens with one attached hydrogen (secondary N) is 1. The lowest BCUT2D eigenvalue weighted by molar-refractivity contribution is -0.138. The molecule has 0 fully saturated rings. The molecule has 0 spiro atoms. The van der Waals surface area contributed by atoms with Crippen molar-refractivity contribution in [3.8, 4) is 11.5 Å². The summed E-state index contributed by atoms with van der Waals surface area (Å²) in [5.41, 5.74) is 7.08. The molecular formula is C21H23N3O4.